The minimum Gasteiger partial charge on any atom is -0.493 e. The highest BCUT2D eigenvalue weighted by molar-refractivity contribution is 6.04. The molecule has 0 amide bonds. The fourth-order valence-corrected chi connectivity index (χ4v) is 4.05. The first kappa shape index (κ1) is 22.3. The van der Waals surface area contributed by atoms with Gasteiger partial charge in [-0.2, -0.15) is 10.1 Å². The number of anilines is 1. The lowest BCUT2D eigenvalue weighted by Crippen LogP contribution is -2.02. The van der Waals surface area contributed by atoms with Crippen molar-refractivity contribution in [2.45, 2.75) is 27.0 Å². The summed E-state index contributed by atoms with van der Waals surface area (Å²) in [6.07, 6.45) is 1.68. The summed E-state index contributed by atoms with van der Waals surface area (Å²) in [5.41, 5.74) is 8.70. The van der Waals surface area contributed by atoms with Crippen LogP contribution in [-0.4, -0.2) is 33.1 Å². The first-order chi connectivity index (χ1) is 17.2. The number of fused-ring (bicyclic) bond motifs is 3. The molecule has 0 radical (unpaired) electrons. The molecule has 0 fully saturated rings. The highest BCUT2D eigenvalue weighted by Crippen LogP contribution is 2.29. The summed E-state index contributed by atoms with van der Waals surface area (Å²) in [4.78, 5) is 4.64. The quantitative estimate of drug-likeness (QED) is 0.245. The number of benzene rings is 3. The van der Waals surface area contributed by atoms with Crippen molar-refractivity contribution in [3.05, 3.63) is 83.4 Å². The van der Waals surface area contributed by atoms with Crippen molar-refractivity contribution in [3.63, 3.8) is 0 Å². The number of hydrogen-bond acceptors (Lipinski definition) is 7. The normalized spacial score (nSPS) is 11.4. The van der Waals surface area contributed by atoms with Gasteiger partial charge in [0.2, 0.25) is 0 Å². The minimum atomic E-state index is 0.330. The molecular weight excluding hydrogens is 440 g/mol. The van der Waals surface area contributed by atoms with Crippen LogP contribution < -0.4 is 14.9 Å². The molecule has 2 aromatic heterocycles. The predicted molar refractivity (Wildman–Crippen MR) is 138 cm³/mol. The van der Waals surface area contributed by atoms with Crippen molar-refractivity contribution in [3.8, 4) is 11.5 Å². The number of ether oxygens (including phenoxy) is 2. The molecule has 0 atom stereocenters. The topological polar surface area (TPSA) is 86.5 Å². The molecule has 1 N–H and O–H groups in total. The van der Waals surface area contributed by atoms with E-state index in [1.165, 1.54) is 5.56 Å². The maximum Gasteiger partial charge on any atom is 0.265 e. The molecule has 0 aliphatic rings. The number of hydrogen-bond donors (Lipinski definition) is 1. The molecule has 0 spiro atoms. The van der Waals surface area contributed by atoms with E-state index in [1.54, 1.807) is 13.3 Å². The zero-order valence-electron chi connectivity index (χ0n) is 19.9. The Kier molecular flexibility index (Phi) is 6.26. The van der Waals surface area contributed by atoms with E-state index in [0.29, 0.717) is 24.1 Å². The van der Waals surface area contributed by atoms with Gasteiger partial charge in [0.15, 0.2) is 17.1 Å². The third-order valence-corrected chi connectivity index (χ3v) is 5.90. The van der Waals surface area contributed by atoms with Crippen molar-refractivity contribution in [2.24, 2.45) is 5.10 Å². The Morgan fingerprint density at radius 1 is 1.00 bits per heavy atom. The van der Waals surface area contributed by atoms with E-state index in [4.69, 9.17) is 9.47 Å². The van der Waals surface area contributed by atoms with Crippen molar-refractivity contribution in [2.75, 3.05) is 12.5 Å². The summed E-state index contributed by atoms with van der Waals surface area (Å²) < 4.78 is 13.6. The summed E-state index contributed by atoms with van der Waals surface area (Å²) in [5, 5.41) is 13.9. The number of aryl methyl sites for hydroxylation is 2. The molecule has 176 valence electrons. The molecular formula is C27H26N6O2. The van der Waals surface area contributed by atoms with Gasteiger partial charge in [-0.05, 0) is 54.8 Å². The Labute approximate surface area is 203 Å². The molecule has 8 nitrogen and oxygen atoms in total. The van der Waals surface area contributed by atoms with Gasteiger partial charge in [0, 0.05) is 11.9 Å². The fraction of sp³-hybridized carbons (Fsp3) is 0.185. The van der Waals surface area contributed by atoms with Crippen molar-refractivity contribution in [1.82, 2.24) is 19.7 Å². The maximum absolute atomic E-state index is 6.00. The highest BCUT2D eigenvalue weighted by atomic mass is 16.5. The van der Waals surface area contributed by atoms with Gasteiger partial charge in [-0.25, -0.2) is 5.43 Å². The molecule has 0 bridgehead atoms. The van der Waals surface area contributed by atoms with Gasteiger partial charge in [-0.1, -0.05) is 42.5 Å². The summed E-state index contributed by atoms with van der Waals surface area (Å²) in [6, 6.07) is 21.9. The minimum absolute atomic E-state index is 0.330. The van der Waals surface area contributed by atoms with Gasteiger partial charge < -0.3 is 14.0 Å². The van der Waals surface area contributed by atoms with Crippen LogP contribution in [0.1, 0.15) is 23.6 Å². The van der Waals surface area contributed by atoms with Crippen LogP contribution in [0.3, 0.4) is 0 Å². The third kappa shape index (κ3) is 4.50. The van der Waals surface area contributed by atoms with Gasteiger partial charge in [-0.15, -0.1) is 10.2 Å². The van der Waals surface area contributed by atoms with Gasteiger partial charge in [-0.3, -0.25) is 0 Å². The van der Waals surface area contributed by atoms with Crippen LogP contribution in [0.2, 0.25) is 0 Å². The summed E-state index contributed by atoms with van der Waals surface area (Å²) in [5.74, 6) is 1.64. The SMILES string of the molecule is CCn1c2ccccc2c2nnc(N/N=C/c3ccc(OCc4ccccc4C)c(OC)c3)nc21. The van der Waals surface area contributed by atoms with E-state index in [1.807, 2.05) is 48.5 Å². The molecule has 0 aliphatic heterocycles. The first-order valence-corrected chi connectivity index (χ1v) is 11.4. The van der Waals surface area contributed by atoms with Crippen LogP contribution in [0.15, 0.2) is 71.8 Å². The fourth-order valence-electron chi connectivity index (χ4n) is 4.05. The number of aromatic nitrogens is 4. The Balaban J connectivity index is 1.31. The second-order valence-electron chi connectivity index (χ2n) is 8.06. The lowest BCUT2D eigenvalue weighted by Gasteiger charge is -2.12. The zero-order chi connectivity index (χ0) is 24.2. The average Bonchev–Trinajstić information content (AvgIpc) is 3.21. The molecule has 0 aliphatic carbocycles. The van der Waals surface area contributed by atoms with Crippen LogP contribution in [0.4, 0.5) is 5.95 Å². The second kappa shape index (κ2) is 9.80. The molecule has 8 heteroatoms. The Hall–Kier alpha value is -4.46. The summed E-state index contributed by atoms with van der Waals surface area (Å²) in [6.45, 7) is 5.41. The number of rotatable bonds is 8. The monoisotopic (exact) mass is 466 g/mol. The number of hydrazone groups is 1. The first-order valence-electron chi connectivity index (χ1n) is 11.4. The molecule has 0 unspecified atom stereocenters. The van der Waals surface area contributed by atoms with E-state index in [2.05, 4.69) is 62.3 Å². The zero-order valence-corrected chi connectivity index (χ0v) is 19.9. The van der Waals surface area contributed by atoms with Crippen LogP contribution in [0.5, 0.6) is 11.5 Å². The standard InChI is InChI=1S/C27H26N6O2/c1-4-33-22-12-8-7-11-21(22)25-26(33)29-27(32-30-25)31-28-16-19-13-14-23(24(15-19)34-3)35-17-20-10-6-5-9-18(20)2/h5-16H,4,17H2,1-3H3,(H,29,31,32)/b28-16+. The molecule has 5 rings (SSSR count). The second-order valence-corrected chi connectivity index (χ2v) is 8.06. The molecule has 0 saturated heterocycles. The average molecular weight is 467 g/mol. The van der Waals surface area contributed by atoms with Crippen molar-refractivity contribution in [1.29, 1.82) is 0 Å². The van der Waals surface area contributed by atoms with E-state index < -0.39 is 0 Å². The summed E-state index contributed by atoms with van der Waals surface area (Å²) >= 11 is 0. The Bertz CT molecular complexity index is 1530. The van der Waals surface area contributed by atoms with E-state index in [0.717, 1.165) is 39.7 Å². The number of methoxy groups -OCH3 is 1. The third-order valence-electron chi connectivity index (χ3n) is 5.90. The van der Waals surface area contributed by atoms with E-state index >= 15 is 0 Å². The predicted octanol–water partition coefficient (Wildman–Crippen LogP) is 5.34. The smallest absolute Gasteiger partial charge is 0.265 e. The molecule has 2 heterocycles. The lowest BCUT2D eigenvalue weighted by molar-refractivity contribution is 0.284. The number of nitrogens with zero attached hydrogens (tertiary/aromatic N) is 5. The van der Waals surface area contributed by atoms with Crippen molar-refractivity contribution >= 4 is 34.2 Å². The van der Waals surface area contributed by atoms with Crippen LogP contribution in [0, 0.1) is 6.92 Å². The molecule has 0 saturated carbocycles. The molecule has 5 aromatic rings. The van der Waals surface area contributed by atoms with E-state index in [-0.39, 0.29) is 0 Å². The summed E-state index contributed by atoms with van der Waals surface area (Å²) in [7, 11) is 1.62. The van der Waals surface area contributed by atoms with Gasteiger partial charge in [0.25, 0.3) is 5.95 Å². The van der Waals surface area contributed by atoms with Gasteiger partial charge in [0.1, 0.15) is 12.1 Å². The van der Waals surface area contributed by atoms with E-state index in [9.17, 15) is 0 Å². The molecule has 3 aromatic carbocycles. The number of para-hydroxylation sites is 1. The lowest BCUT2D eigenvalue weighted by atomic mass is 10.1. The Morgan fingerprint density at radius 3 is 2.66 bits per heavy atom. The van der Waals surface area contributed by atoms with Crippen LogP contribution in [-0.2, 0) is 13.2 Å². The van der Waals surface area contributed by atoms with Gasteiger partial charge in [0.05, 0.1) is 18.8 Å². The Morgan fingerprint density at radius 2 is 1.83 bits per heavy atom. The largest absolute Gasteiger partial charge is 0.493 e. The maximum atomic E-state index is 6.00. The van der Waals surface area contributed by atoms with Crippen molar-refractivity contribution < 1.29 is 9.47 Å². The highest BCUT2D eigenvalue weighted by Gasteiger charge is 2.13. The number of nitrogens with one attached hydrogen (secondary N) is 1. The van der Waals surface area contributed by atoms with Crippen LogP contribution >= 0.6 is 0 Å². The molecule has 35 heavy (non-hydrogen) atoms. The van der Waals surface area contributed by atoms with Gasteiger partial charge >= 0.3 is 0 Å². The van der Waals surface area contributed by atoms with Crippen LogP contribution in [0.25, 0.3) is 22.1 Å².